The number of carbonyl (C=O) groups excluding carboxylic acids is 1. The summed E-state index contributed by atoms with van der Waals surface area (Å²) < 4.78 is 1.95. The van der Waals surface area contributed by atoms with Gasteiger partial charge in [-0.1, -0.05) is 48.2 Å². The first kappa shape index (κ1) is 24.1. The number of rotatable bonds is 11. The second-order valence-electron chi connectivity index (χ2n) is 7.50. The van der Waals surface area contributed by atoms with Crippen LogP contribution in [0.3, 0.4) is 0 Å². The van der Waals surface area contributed by atoms with E-state index < -0.39 is 5.25 Å². The van der Waals surface area contributed by atoms with E-state index in [9.17, 15) is 4.79 Å². The number of amides is 1. The number of thioether (sulfide) groups is 1. The third kappa shape index (κ3) is 6.95. The Morgan fingerprint density at radius 2 is 1.91 bits per heavy atom. The molecule has 1 atom stereocenters. The smallest absolute Gasteiger partial charge is 0.253 e. The molecule has 0 saturated carbocycles. The van der Waals surface area contributed by atoms with Gasteiger partial charge in [0.05, 0.1) is 18.0 Å². The van der Waals surface area contributed by atoms with Crippen LogP contribution in [0.15, 0.2) is 77.5 Å². The highest BCUT2D eigenvalue weighted by atomic mass is 32.2. The van der Waals surface area contributed by atoms with Crippen molar-refractivity contribution in [3.8, 4) is 0 Å². The summed E-state index contributed by atoms with van der Waals surface area (Å²) in [6, 6.07) is 17.8. The second kappa shape index (κ2) is 11.9. The molecular formula is C24H29N7OS. The minimum absolute atomic E-state index is 0.210. The predicted octanol–water partition coefficient (Wildman–Crippen LogP) is 3.77. The minimum Gasteiger partial charge on any atom is -0.378 e. The number of anilines is 2. The number of aromatic nitrogens is 3. The van der Waals surface area contributed by atoms with Gasteiger partial charge in [-0.15, -0.1) is 16.8 Å². The van der Waals surface area contributed by atoms with Crippen LogP contribution in [0.2, 0.25) is 0 Å². The van der Waals surface area contributed by atoms with Gasteiger partial charge in [-0.2, -0.15) is 5.10 Å². The number of hydrogen-bond acceptors (Lipinski definition) is 7. The predicted molar refractivity (Wildman–Crippen MR) is 136 cm³/mol. The van der Waals surface area contributed by atoms with Gasteiger partial charge in [-0.3, -0.25) is 4.79 Å². The number of para-hydroxylation sites is 1. The molecule has 0 aliphatic heterocycles. The van der Waals surface area contributed by atoms with E-state index in [0.29, 0.717) is 18.2 Å². The molecule has 1 amide bonds. The van der Waals surface area contributed by atoms with E-state index >= 15 is 0 Å². The number of nitrogens with zero attached hydrogens (tertiary/aromatic N) is 5. The fourth-order valence-corrected chi connectivity index (χ4v) is 3.79. The summed E-state index contributed by atoms with van der Waals surface area (Å²) in [6.07, 6.45) is 3.42. The van der Waals surface area contributed by atoms with Gasteiger partial charge in [0, 0.05) is 32.0 Å². The van der Waals surface area contributed by atoms with Crippen LogP contribution in [0.4, 0.5) is 11.4 Å². The van der Waals surface area contributed by atoms with Gasteiger partial charge < -0.3 is 14.8 Å². The van der Waals surface area contributed by atoms with Gasteiger partial charge in [0.15, 0.2) is 11.0 Å². The van der Waals surface area contributed by atoms with E-state index in [-0.39, 0.29) is 5.91 Å². The van der Waals surface area contributed by atoms with Crippen molar-refractivity contribution in [2.45, 2.75) is 30.4 Å². The van der Waals surface area contributed by atoms with Gasteiger partial charge >= 0.3 is 0 Å². The molecule has 0 unspecified atom stereocenters. The Morgan fingerprint density at radius 1 is 1.18 bits per heavy atom. The highest BCUT2D eigenvalue weighted by Crippen LogP contribution is 2.23. The Labute approximate surface area is 198 Å². The molecule has 172 valence electrons. The average Bonchev–Trinajstić information content (AvgIpc) is 3.20. The average molecular weight is 464 g/mol. The molecule has 2 aromatic carbocycles. The molecule has 0 radical (unpaired) electrons. The first-order valence-corrected chi connectivity index (χ1v) is 11.4. The first-order valence-electron chi connectivity index (χ1n) is 10.6. The summed E-state index contributed by atoms with van der Waals surface area (Å²) in [5.41, 5.74) is 5.61. The number of hydrogen-bond donors (Lipinski definition) is 2. The van der Waals surface area contributed by atoms with E-state index in [1.807, 2.05) is 85.1 Å². The molecular weight excluding hydrogens is 434 g/mol. The van der Waals surface area contributed by atoms with Crippen molar-refractivity contribution >= 4 is 35.3 Å². The molecule has 8 nitrogen and oxygen atoms in total. The van der Waals surface area contributed by atoms with E-state index in [0.717, 1.165) is 22.8 Å². The summed E-state index contributed by atoms with van der Waals surface area (Å²) in [5.74, 6) is 0.561. The maximum absolute atomic E-state index is 12.5. The lowest BCUT2D eigenvalue weighted by Gasteiger charge is -2.12. The molecule has 3 aromatic rings. The van der Waals surface area contributed by atoms with Gasteiger partial charge in [0.25, 0.3) is 5.91 Å². The topological polar surface area (TPSA) is 87.4 Å². The molecule has 1 heterocycles. The fraction of sp³-hybridized carbons (Fsp3) is 0.250. The normalized spacial score (nSPS) is 11.8. The lowest BCUT2D eigenvalue weighted by atomic mass is 10.2. The van der Waals surface area contributed by atoms with E-state index in [2.05, 4.69) is 32.6 Å². The van der Waals surface area contributed by atoms with Gasteiger partial charge in [0.2, 0.25) is 0 Å². The minimum atomic E-state index is -0.402. The van der Waals surface area contributed by atoms with Crippen molar-refractivity contribution in [2.75, 3.05) is 24.3 Å². The molecule has 0 bridgehead atoms. The number of allylic oxidation sites excluding steroid dienone is 1. The van der Waals surface area contributed by atoms with Crippen LogP contribution in [-0.2, 0) is 17.9 Å². The van der Waals surface area contributed by atoms with Gasteiger partial charge in [-0.25, -0.2) is 5.43 Å². The van der Waals surface area contributed by atoms with Crippen LogP contribution in [0.5, 0.6) is 0 Å². The third-order valence-electron chi connectivity index (χ3n) is 4.78. The number of carbonyl (C=O) groups is 1. The fourth-order valence-electron chi connectivity index (χ4n) is 2.92. The molecule has 2 N–H and O–H groups in total. The maximum atomic E-state index is 12.5. The van der Waals surface area contributed by atoms with E-state index in [4.69, 9.17) is 0 Å². The van der Waals surface area contributed by atoms with Crippen molar-refractivity contribution in [1.29, 1.82) is 0 Å². The maximum Gasteiger partial charge on any atom is 0.253 e. The summed E-state index contributed by atoms with van der Waals surface area (Å²) in [6.45, 7) is 6.71. The van der Waals surface area contributed by atoms with Crippen LogP contribution in [0.1, 0.15) is 18.3 Å². The Hall–Kier alpha value is -3.59. The van der Waals surface area contributed by atoms with Gasteiger partial charge in [0.1, 0.15) is 0 Å². The zero-order valence-electron chi connectivity index (χ0n) is 19.1. The van der Waals surface area contributed by atoms with Crippen LogP contribution < -0.4 is 15.6 Å². The van der Waals surface area contributed by atoms with Crippen LogP contribution in [0.25, 0.3) is 0 Å². The highest BCUT2D eigenvalue weighted by molar-refractivity contribution is 8.00. The monoisotopic (exact) mass is 463 g/mol. The molecule has 1 aromatic heterocycles. The third-order valence-corrected chi connectivity index (χ3v) is 5.86. The van der Waals surface area contributed by atoms with Crippen molar-refractivity contribution in [2.24, 2.45) is 5.10 Å². The second-order valence-corrected chi connectivity index (χ2v) is 8.81. The summed E-state index contributed by atoms with van der Waals surface area (Å²) in [5, 5.41) is 16.3. The van der Waals surface area contributed by atoms with Crippen molar-refractivity contribution < 1.29 is 4.79 Å². The lowest BCUT2D eigenvalue weighted by Crippen LogP contribution is -2.27. The van der Waals surface area contributed by atoms with Crippen LogP contribution in [0, 0.1) is 0 Å². The molecule has 0 spiro atoms. The van der Waals surface area contributed by atoms with E-state index in [1.54, 1.807) is 12.3 Å². The summed E-state index contributed by atoms with van der Waals surface area (Å²) in [7, 11) is 3.97. The van der Waals surface area contributed by atoms with Crippen LogP contribution >= 0.6 is 11.8 Å². The Morgan fingerprint density at radius 3 is 2.58 bits per heavy atom. The van der Waals surface area contributed by atoms with Crippen molar-refractivity contribution in [1.82, 2.24) is 20.2 Å². The molecule has 3 rings (SSSR count). The van der Waals surface area contributed by atoms with E-state index in [1.165, 1.54) is 11.8 Å². The van der Waals surface area contributed by atoms with Gasteiger partial charge in [-0.05, 0) is 36.8 Å². The number of benzene rings is 2. The van der Waals surface area contributed by atoms with Crippen molar-refractivity contribution in [3.63, 3.8) is 0 Å². The molecule has 0 aliphatic carbocycles. The number of nitrogens with one attached hydrogen (secondary N) is 2. The Balaban J connectivity index is 1.57. The zero-order valence-corrected chi connectivity index (χ0v) is 19.9. The molecule has 0 fully saturated rings. The SMILES string of the molecule is C=CCn1c(CNc2ccccc2)nnc1S[C@@H](C)C(=O)NN=Cc1ccc(N(C)C)cc1. The highest BCUT2D eigenvalue weighted by Gasteiger charge is 2.19. The zero-order chi connectivity index (χ0) is 23.6. The lowest BCUT2D eigenvalue weighted by molar-refractivity contribution is -0.120. The molecule has 9 heteroatoms. The van der Waals surface area contributed by atoms with Crippen molar-refractivity contribution in [3.05, 3.63) is 78.6 Å². The standard InChI is InChI=1S/C24H29N7OS/c1-5-15-31-22(17-25-20-9-7-6-8-10-20)27-29-24(31)33-18(2)23(32)28-26-16-19-11-13-21(14-12-19)30(3)4/h5-14,16,18,25H,1,15,17H2,2-4H3,(H,28,32)/t18-/m0/s1. The molecule has 0 saturated heterocycles. The van der Waals surface area contributed by atoms with Crippen LogP contribution in [-0.4, -0.2) is 46.2 Å². The summed E-state index contributed by atoms with van der Waals surface area (Å²) >= 11 is 1.33. The Bertz CT molecular complexity index is 1080. The first-order chi connectivity index (χ1) is 16.0. The number of hydrazone groups is 1. The quantitative estimate of drug-likeness (QED) is 0.195. The molecule has 33 heavy (non-hydrogen) atoms. The Kier molecular flexibility index (Phi) is 8.65. The largest absolute Gasteiger partial charge is 0.378 e. The molecule has 0 aliphatic rings. The summed E-state index contributed by atoms with van der Waals surface area (Å²) in [4.78, 5) is 14.5.